The largest absolute Gasteiger partial charge is 0.256 e. The summed E-state index contributed by atoms with van der Waals surface area (Å²) in [6.45, 7) is 19.3. The number of fused-ring (bicyclic) bond motifs is 2. The Morgan fingerprint density at radius 3 is 2.48 bits per heavy atom. The van der Waals surface area contributed by atoms with Crippen molar-refractivity contribution in [3.8, 4) is 0 Å². The number of hydrogen-bond acceptors (Lipinski definition) is 1. The van der Waals surface area contributed by atoms with E-state index in [1.165, 1.54) is 50.1 Å². The van der Waals surface area contributed by atoms with Gasteiger partial charge in [0.2, 0.25) is 0 Å². The second-order valence-electron chi connectivity index (χ2n) is 11.8. The third-order valence-electron chi connectivity index (χ3n) is 9.25. The lowest BCUT2D eigenvalue weighted by Gasteiger charge is -2.35. The maximum absolute atomic E-state index is 4.60. The summed E-state index contributed by atoms with van der Waals surface area (Å²) in [6, 6.07) is 14.8. The van der Waals surface area contributed by atoms with E-state index in [1.807, 2.05) is 24.4 Å². The fraction of sp³-hybridized carbons (Fsp3) is 0.140. The molecule has 1 unspecified atom stereocenters. The average Bonchev–Trinajstić information content (AvgIpc) is 3.16. The Balaban J connectivity index is 1.56. The Kier molecular flexibility index (Phi) is 7.89. The normalized spacial score (nSPS) is 21.7. The van der Waals surface area contributed by atoms with Crippen LogP contribution in [-0.4, -0.2) is 4.98 Å². The first-order valence-electron chi connectivity index (χ1n) is 15.4. The van der Waals surface area contributed by atoms with Gasteiger partial charge in [0, 0.05) is 11.8 Å². The first-order valence-corrected chi connectivity index (χ1v) is 15.4. The van der Waals surface area contributed by atoms with E-state index in [1.54, 1.807) is 0 Å². The summed E-state index contributed by atoms with van der Waals surface area (Å²) >= 11 is 0. The summed E-state index contributed by atoms with van der Waals surface area (Å²) in [5.41, 5.74) is 16.6. The zero-order valence-corrected chi connectivity index (χ0v) is 26.0. The summed E-state index contributed by atoms with van der Waals surface area (Å²) in [5.74, 6) is 0. The zero-order chi connectivity index (χ0) is 30.8. The lowest BCUT2D eigenvalue weighted by Crippen LogP contribution is -2.24. The van der Waals surface area contributed by atoms with Crippen molar-refractivity contribution in [2.75, 3.05) is 0 Å². The van der Waals surface area contributed by atoms with Crippen molar-refractivity contribution in [2.45, 2.75) is 33.6 Å². The van der Waals surface area contributed by atoms with Gasteiger partial charge in [-0.15, -0.1) is 0 Å². The average molecular weight is 570 g/mol. The topological polar surface area (TPSA) is 12.9 Å². The summed E-state index contributed by atoms with van der Waals surface area (Å²) in [4.78, 5) is 4.60. The van der Waals surface area contributed by atoms with Gasteiger partial charge in [-0.2, -0.15) is 0 Å². The number of aromatic nitrogens is 1. The molecule has 44 heavy (non-hydrogen) atoms. The van der Waals surface area contributed by atoms with Crippen molar-refractivity contribution in [1.29, 1.82) is 0 Å². The van der Waals surface area contributed by atoms with Gasteiger partial charge in [0.05, 0.1) is 11.1 Å². The minimum absolute atomic E-state index is 0.364. The van der Waals surface area contributed by atoms with Crippen LogP contribution < -0.4 is 0 Å². The van der Waals surface area contributed by atoms with Gasteiger partial charge in [0.25, 0.3) is 0 Å². The molecule has 0 saturated heterocycles. The summed E-state index contributed by atoms with van der Waals surface area (Å²) in [6.07, 6.45) is 30.4. The molecule has 1 heteroatoms. The predicted molar refractivity (Wildman–Crippen MR) is 189 cm³/mol. The van der Waals surface area contributed by atoms with E-state index < -0.39 is 0 Å². The highest BCUT2D eigenvalue weighted by Gasteiger charge is 2.45. The Morgan fingerprint density at radius 2 is 1.73 bits per heavy atom. The maximum atomic E-state index is 4.60. The number of benzene rings is 1. The van der Waals surface area contributed by atoms with Crippen LogP contribution in [0.1, 0.15) is 50.4 Å². The van der Waals surface area contributed by atoms with Gasteiger partial charge in [0.15, 0.2) is 0 Å². The van der Waals surface area contributed by atoms with E-state index >= 15 is 0 Å². The van der Waals surface area contributed by atoms with E-state index in [0.717, 1.165) is 40.8 Å². The third-order valence-corrected chi connectivity index (χ3v) is 9.25. The van der Waals surface area contributed by atoms with Crippen molar-refractivity contribution in [1.82, 2.24) is 4.98 Å². The van der Waals surface area contributed by atoms with Crippen LogP contribution in [0.15, 0.2) is 185 Å². The second kappa shape index (κ2) is 11.9. The first kappa shape index (κ1) is 29.1. The molecule has 1 heterocycles. The highest BCUT2D eigenvalue weighted by molar-refractivity contribution is 5.84. The fourth-order valence-electron chi connectivity index (χ4n) is 7.16. The standard InChI is InChI=1S/C43H39N/c1-7-14-32(9-3)38-26-37(33-16-11-10-12-17-33)25-30(5)43(28-38)40(15-8-2)31(6)39-27-36(21-22-41(39)43)35-20-19-34-18-13-23-44-42(34)29(4)24-35/h7-20,23-28H,1,3-4,21-22H2,2,5-6H3/b15-8-,32-14+. The van der Waals surface area contributed by atoms with Crippen LogP contribution in [0.25, 0.3) is 17.2 Å². The minimum atomic E-state index is -0.364. The Morgan fingerprint density at radius 1 is 0.909 bits per heavy atom. The van der Waals surface area contributed by atoms with Crippen molar-refractivity contribution >= 4 is 17.2 Å². The first-order chi connectivity index (χ1) is 21.4. The van der Waals surface area contributed by atoms with Gasteiger partial charge < -0.3 is 0 Å². The smallest absolute Gasteiger partial charge is 0.0768 e. The van der Waals surface area contributed by atoms with Gasteiger partial charge in [-0.1, -0.05) is 122 Å². The predicted octanol–water partition coefficient (Wildman–Crippen LogP) is 11.2. The molecule has 0 amide bonds. The molecule has 4 aliphatic carbocycles. The van der Waals surface area contributed by atoms with Gasteiger partial charge in [-0.3, -0.25) is 4.98 Å². The molecule has 1 atom stereocenters. The number of hydrogen-bond donors (Lipinski definition) is 0. The molecule has 6 rings (SSSR count). The van der Waals surface area contributed by atoms with Gasteiger partial charge in [0.1, 0.15) is 0 Å². The molecule has 0 fully saturated rings. The lowest BCUT2D eigenvalue weighted by molar-refractivity contribution is 0.631. The summed E-state index contributed by atoms with van der Waals surface area (Å²) in [7, 11) is 0. The highest BCUT2D eigenvalue weighted by Crippen LogP contribution is 2.59. The molecule has 0 saturated carbocycles. The number of rotatable bonds is 6. The molecule has 0 radical (unpaired) electrons. The zero-order valence-electron chi connectivity index (χ0n) is 26.0. The quantitative estimate of drug-likeness (QED) is 0.315. The van der Waals surface area contributed by atoms with Crippen molar-refractivity contribution in [2.24, 2.45) is 5.41 Å². The molecule has 0 bridgehead atoms. The van der Waals surface area contributed by atoms with Crippen LogP contribution in [0.3, 0.4) is 0 Å². The minimum Gasteiger partial charge on any atom is -0.256 e. The van der Waals surface area contributed by atoms with Crippen molar-refractivity contribution < 1.29 is 0 Å². The molecule has 1 aromatic heterocycles. The van der Waals surface area contributed by atoms with E-state index in [2.05, 4.69) is 143 Å². The Bertz CT molecular complexity index is 1900. The molecule has 0 aliphatic heterocycles. The van der Waals surface area contributed by atoms with Crippen LogP contribution in [0.5, 0.6) is 0 Å². The number of allylic oxidation sites excluding steroid dienone is 22. The second-order valence-corrected chi connectivity index (χ2v) is 11.8. The maximum Gasteiger partial charge on any atom is 0.0768 e. The van der Waals surface area contributed by atoms with E-state index in [4.69, 9.17) is 0 Å². The molecule has 216 valence electrons. The molecule has 1 nitrogen and oxygen atoms in total. The van der Waals surface area contributed by atoms with Crippen molar-refractivity contribution in [3.63, 3.8) is 0 Å². The molecule has 0 N–H and O–H groups in total. The van der Waals surface area contributed by atoms with Crippen LogP contribution in [-0.2, 0) is 0 Å². The van der Waals surface area contributed by atoms with Crippen LogP contribution in [0.4, 0.5) is 0 Å². The molecule has 1 aromatic carbocycles. The Labute approximate surface area is 262 Å². The van der Waals surface area contributed by atoms with Crippen LogP contribution >= 0.6 is 0 Å². The summed E-state index contributed by atoms with van der Waals surface area (Å²) < 4.78 is 0. The SMILES string of the molecule is C=C/C=C(\C=C)C1=CC2(C(C)=CC(c3ccccc3)=C1)C(/C=C\C)=C(C)C1=C2CCC(C2=CC(=C)c3ncccc3C=C2)=C1. The number of pyridine rings is 1. The van der Waals surface area contributed by atoms with Crippen LogP contribution in [0, 0.1) is 5.41 Å². The summed E-state index contributed by atoms with van der Waals surface area (Å²) in [5, 5.41) is 0. The van der Waals surface area contributed by atoms with E-state index in [9.17, 15) is 0 Å². The highest BCUT2D eigenvalue weighted by atomic mass is 14.7. The van der Waals surface area contributed by atoms with Gasteiger partial charge >= 0.3 is 0 Å². The lowest BCUT2D eigenvalue weighted by atomic mass is 9.67. The molecule has 2 aromatic rings. The van der Waals surface area contributed by atoms with E-state index in [-0.39, 0.29) is 5.41 Å². The number of nitrogens with zero attached hydrogens (tertiary/aromatic N) is 1. The van der Waals surface area contributed by atoms with Crippen LogP contribution in [0.2, 0.25) is 0 Å². The fourth-order valence-corrected chi connectivity index (χ4v) is 7.16. The molecule has 1 spiro atoms. The molecular weight excluding hydrogens is 530 g/mol. The molecule has 4 aliphatic rings. The van der Waals surface area contributed by atoms with Gasteiger partial charge in [-0.05, 0) is 113 Å². The third kappa shape index (κ3) is 4.89. The van der Waals surface area contributed by atoms with Crippen molar-refractivity contribution in [3.05, 3.63) is 202 Å². The Hall–Kier alpha value is -5.01. The van der Waals surface area contributed by atoms with E-state index in [0.29, 0.717) is 0 Å². The van der Waals surface area contributed by atoms with Gasteiger partial charge in [-0.25, -0.2) is 0 Å². The monoisotopic (exact) mass is 569 g/mol. The molecular formula is C43H39N.